The van der Waals surface area contributed by atoms with Gasteiger partial charge >= 0.3 is 5.69 Å². The van der Waals surface area contributed by atoms with Gasteiger partial charge in [0.05, 0.1) is 17.1 Å². The van der Waals surface area contributed by atoms with Crippen LogP contribution in [0.3, 0.4) is 0 Å². The summed E-state index contributed by atoms with van der Waals surface area (Å²) in [6.45, 7) is 1.46. The van der Waals surface area contributed by atoms with Gasteiger partial charge in [0.2, 0.25) is 5.82 Å². The summed E-state index contributed by atoms with van der Waals surface area (Å²) in [6.07, 6.45) is 1.25. The van der Waals surface area contributed by atoms with Crippen LogP contribution in [0.2, 0.25) is 0 Å². The molecule has 0 fully saturated rings. The Morgan fingerprint density at radius 3 is 1.94 bits per heavy atom. The zero-order valence-electron chi connectivity index (χ0n) is 18.0. The average molecular weight is 570 g/mol. The van der Waals surface area contributed by atoms with Crippen molar-refractivity contribution in [3.05, 3.63) is 74.3 Å². The van der Waals surface area contributed by atoms with Crippen molar-refractivity contribution in [3.8, 4) is 6.07 Å². The maximum atomic E-state index is 13.3. The molecule has 0 radical (unpaired) electrons. The number of hydrogen-bond acceptors (Lipinski definition) is 6. The molecule has 12 heteroatoms. The quantitative estimate of drug-likeness (QED) is 0.136. The number of rotatable bonds is 8. The molecular weight excluding hydrogens is 538 g/mol. The largest absolute Gasteiger partial charge is 0.385 e. The van der Waals surface area contributed by atoms with E-state index >= 15 is 0 Å². The summed E-state index contributed by atoms with van der Waals surface area (Å²) in [5.41, 5.74) is 4.73. The number of nitrogens with two attached hydrogens (primary N) is 1. The van der Waals surface area contributed by atoms with Gasteiger partial charge in [0.1, 0.15) is 23.5 Å². The lowest BCUT2D eigenvalue weighted by molar-refractivity contribution is -0.387. The molecular formula is C23H32BrF4N3O4. The predicted octanol–water partition coefficient (Wildman–Crippen LogP) is 6.05. The minimum atomic E-state index is -1.29. The van der Waals surface area contributed by atoms with Crippen molar-refractivity contribution in [3.63, 3.8) is 0 Å². The molecule has 0 bridgehead atoms. The van der Waals surface area contributed by atoms with Crippen molar-refractivity contribution in [1.29, 1.82) is 5.26 Å². The van der Waals surface area contributed by atoms with Crippen LogP contribution in [0.15, 0.2) is 24.3 Å². The van der Waals surface area contributed by atoms with Gasteiger partial charge in [-0.05, 0) is 24.5 Å². The number of benzene rings is 2. The van der Waals surface area contributed by atoms with E-state index in [2.05, 4.69) is 20.7 Å². The fourth-order valence-electron chi connectivity index (χ4n) is 2.24. The summed E-state index contributed by atoms with van der Waals surface area (Å²) in [7, 11) is 3.27. The highest BCUT2D eigenvalue weighted by molar-refractivity contribution is 9.09. The fourth-order valence-corrected chi connectivity index (χ4v) is 2.56. The average Bonchev–Trinajstić information content (AvgIpc) is 2.76. The van der Waals surface area contributed by atoms with Gasteiger partial charge < -0.3 is 15.2 Å². The molecule has 0 aliphatic heterocycles. The molecule has 2 aromatic carbocycles. The van der Waals surface area contributed by atoms with Crippen molar-refractivity contribution < 1.29 is 32.0 Å². The Hall–Kier alpha value is -2.59. The van der Waals surface area contributed by atoms with Gasteiger partial charge in [-0.2, -0.15) is 9.65 Å². The second kappa shape index (κ2) is 20.8. The molecule has 0 aliphatic carbocycles. The van der Waals surface area contributed by atoms with E-state index in [1.54, 1.807) is 14.2 Å². The zero-order valence-corrected chi connectivity index (χ0v) is 19.6. The third kappa shape index (κ3) is 13.8. The molecule has 0 unspecified atom stereocenters. The van der Waals surface area contributed by atoms with Gasteiger partial charge in [-0.15, -0.1) is 0 Å². The molecule has 2 aromatic rings. The van der Waals surface area contributed by atoms with Crippen LogP contribution in [0.1, 0.15) is 38.0 Å². The lowest BCUT2D eigenvalue weighted by Gasteiger charge is -2.06. The van der Waals surface area contributed by atoms with Gasteiger partial charge in [0.15, 0.2) is 0 Å². The second-order valence-electron chi connectivity index (χ2n) is 6.17. The topological polar surface area (TPSA) is 111 Å². The minimum Gasteiger partial charge on any atom is -0.385 e. The summed E-state index contributed by atoms with van der Waals surface area (Å²) in [5, 5.41) is 19.3. The van der Waals surface area contributed by atoms with Crippen molar-refractivity contribution in [2.45, 2.75) is 34.2 Å². The van der Waals surface area contributed by atoms with Gasteiger partial charge in [-0.25, -0.2) is 13.2 Å². The summed E-state index contributed by atoms with van der Waals surface area (Å²) < 4.78 is 61.1. The van der Waals surface area contributed by atoms with Crippen molar-refractivity contribution in [2.24, 2.45) is 5.73 Å². The highest BCUT2D eigenvalue weighted by Crippen LogP contribution is 2.20. The monoisotopic (exact) mass is 569 g/mol. The third-order valence-electron chi connectivity index (χ3n) is 3.86. The first kappa shape index (κ1) is 37.0. The molecule has 0 spiro atoms. The Balaban J connectivity index is -0.000000472. The summed E-state index contributed by atoms with van der Waals surface area (Å²) in [6, 6.07) is 4.63. The van der Waals surface area contributed by atoms with Crippen LogP contribution in [0, 0.1) is 44.7 Å². The lowest BCUT2D eigenvalue weighted by atomic mass is 10.1. The number of nitriles is 1. The number of nitrogens with zero attached hydrogens (tertiary/aromatic N) is 2. The summed E-state index contributed by atoms with van der Waals surface area (Å²) in [4.78, 5) is 9.12. The number of ether oxygens (including phenoxy) is 2. The van der Waals surface area contributed by atoms with E-state index in [0.29, 0.717) is 42.7 Å². The van der Waals surface area contributed by atoms with Crippen LogP contribution in [-0.2, 0) is 22.4 Å². The number of nitro groups is 1. The number of hydrogen-bond donors (Lipinski definition) is 1. The molecule has 7 nitrogen and oxygen atoms in total. The van der Waals surface area contributed by atoms with Gasteiger partial charge in [0.25, 0.3) is 0 Å². The Morgan fingerprint density at radius 1 is 0.971 bits per heavy atom. The van der Waals surface area contributed by atoms with Crippen molar-refractivity contribution in [1.82, 2.24) is 0 Å². The van der Waals surface area contributed by atoms with Crippen molar-refractivity contribution in [2.75, 3.05) is 32.8 Å². The molecule has 2 rings (SSSR count). The number of halogens is 5. The van der Waals surface area contributed by atoms with Crippen molar-refractivity contribution >= 4 is 21.6 Å². The maximum Gasteiger partial charge on any atom is 0.306 e. The molecule has 0 atom stereocenters. The Kier molecular flexibility index (Phi) is 21.9. The molecule has 0 aromatic heterocycles. The molecule has 0 saturated carbocycles. The Labute approximate surface area is 212 Å². The molecule has 0 aliphatic rings. The maximum absolute atomic E-state index is 13.3. The van der Waals surface area contributed by atoms with Gasteiger partial charge in [0, 0.05) is 56.5 Å². The number of methoxy groups -OCH3 is 2. The molecule has 0 heterocycles. The Morgan fingerprint density at radius 2 is 1.51 bits per heavy atom. The van der Waals surface area contributed by atoms with Crippen LogP contribution >= 0.6 is 15.9 Å². The smallest absolute Gasteiger partial charge is 0.306 e. The number of aryl methyl sites for hydroxylation is 1. The normalized spacial score (nSPS) is 9.23. The van der Waals surface area contributed by atoms with E-state index in [0.717, 1.165) is 18.0 Å². The standard InChI is InChI=1S/C11H15F2NO.C7H2F2N2O2.C3H7BrO.2CH4/c1-15-4-2-3-8-5-9(7-14)11(13)6-10(8)12;8-5-2-6(9)7(11(12)13)1-4(5)3-10;1-5-3-2-4;;/h5-6H,2-4,7,14H2,1H3;1-2H;2-3H2,1H3;2*1H4. The van der Waals surface area contributed by atoms with E-state index < -0.39 is 39.4 Å². The van der Waals surface area contributed by atoms with Crippen LogP contribution in [0.4, 0.5) is 23.2 Å². The molecule has 35 heavy (non-hydrogen) atoms. The van der Waals surface area contributed by atoms with Crippen LogP contribution in [-0.4, -0.2) is 37.7 Å². The summed E-state index contributed by atoms with van der Waals surface area (Å²) >= 11 is 3.18. The van der Waals surface area contributed by atoms with Crippen LogP contribution in [0.5, 0.6) is 0 Å². The highest BCUT2D eigenvalue weighted by atomic mass is 79.9. The molecule has 198 valence electrons. The fraction of sp³-hybridized carbons (Fsp3) is 0.435. The number of nitro benzene ring substituents is 1. The third-order valence-corrected chi connectivity index (χ3v) is 4.19. The SMILES string of the molecule is C.C.COCCBr.COCCCc1cc(CN)c(F)cc1F.N#Cc1cc([N+](=O)[O-])c(F)cc1F. The van der Waals surface area contributed by atoms with E-state index in [1.807, 2.05) is 0 Å². The number of alkyl halides is 1. The Bertz CT molecular complexity index is 942. The summed E-state index contributed by atoms with van der Waals surface area (Å²) in [5.74, 6) is -3.49. The van der Waals surface area contributed by atoms with Gasteiger partial charge in [-0.3, -0.25) is 10.1 Å². The molecule has 0 saturated heterocycles. The molecule has 0 amide bonds. The molecule has 2 N–H and O–H groups in total. The minimum absolute atomic E-state index is 0. The zero-order chi connectivity index (χ0) is 25.4. The first-order valence-electron chi connectivity index (χ1n) is 9.40. The lowest BCUT2D eigenvalue weighted by Crippen LogP contribution is -2.04. The van der Waals surface area contributed by atoms with Crippen LogP contribution < -0.4 is 5.73 Å². The second-order valence-corrected chi connectivity index (χ2v) is 6.96. The van der Waals surface area contributed by atoms with E-state index in [9.17, 15) is 27.7 Å². The first-order chi connectivity index (χ1) is 15.7. The van der Waals surface area contributed by atoms with E-state index in [-0.39, 0.29) is 21.4 Å². The van der Waals surface area contributed by atoms with E-state index in [4.69, 9.17) is 15.7 Å². The highest BCUT2D eigenvalue weighted by Gasteiger charge is 2.18. The predicted molar refractivity (Wildman–Crippen MR) is 131 cm³/mol. The van der Waals surface area contributed by atoms with Crippen LogP contribution in [0.25, 0.3) is 0 Å². The van der Waals surface area contributed by atoms with Gasteiger partial charge in [-0.1, -0.05) is 30.8 Å². The first-order valence-corrected chi connectivity index (χ1v) is 10.5. The van der Waals surface area contributed by atoms with E-state index in [1.165, 1.54) is 12.1 Å².